The van der Waals surface area contributed by atoms with Crippen molar-refractivity contribution in [2.45, 2.75) is 38.5 Å². The van der Waals surface area contributed by atoms with Gasteiger partial charge in [-0.25, -0.2) is 9.97 Å². The zero-order valence-electron chi connectivity index (χ0n) is 12.5. The molecule has 2 rings (SSSR count). The number of methoxy groups -OCH3 is 1. The van der Waals surface area contributed by atoms with E-state index < -0.39 is 0 Å². The van der Waals surface area contributed by atoms with Crippen molar-refractivity contribution in [1.29, 1.82) is 0 Å². The summed E-state index contributed by atoms with van der Waals surface area (Å²) in [5, 5.41) is 3.30. The maximum absolute atomic E-state index is 5.17. The third-order valence-corrected chi connectivity index (χ3v) is 3.75. The summed E-state index contributed by atoms with van der Waals surface area (Å²) < 4.78 is 5.17. The van der Waals surface area contributed by atoms with E-state index >= 15 is 0 Å². The minimum atomic E-state index is 0.569. The molecule has 0 aliphatic carbocycles. The summed E-state index contributed by atoms with van der Waals surface area (Å²) in [5.41, 5.74) is 0. The van der Waals surface area contributed by atoms with Crippen molar-refractivity contribution in [3.05, 3.63) is 12.4 Å². The van der Waals surface area contributed by atoms with E-state index in [1.165, 1.54) is 51.7 Å². The topological polar surface area (TPSA) is 50.3 Å². The molecule has 0 unspecified atom stereocenters. The summed E-state index contributed by atoms with van der Waals surface area (Å²) >= 11 is 0. The monoisotopic (exact) mass is 278 g/mol. The second-order valence-electron chi connectivity index (χ2n) is 5.30. The molecule has 1 aromatic rings. The van der Waals surface area contributed by atoms with E-state index in [-0.39, 0.29) is 0 Å². The fraction of sp³-hybridized carbons (Fsp3) is 0.733. The number of nitrogens with one attached hydrogen (secondary N) is 1. The first-order valence-corrected chi connectivity index (χ1v) is 7.71. The number of hydrogen-bond donors (Lipinski definition) is 1. The van der Waals surface area contributed by atoms with Gasteiger partial charge in [-0.1, -0.05) is 12.8 Å². The summed E-state index contributed by atoms with van der Waals surface area (Å²) in [6.07, 6.45) is 11.3. The van der Waals surface area contributed by atoms with Crippen LogP contribution in [-0.4, -0.2) is 48.2 Å². The van der Waals surface area contributed by atoms with Crippen LogP contribution in [0.3, 0.4) is 0 Å². The molecule has 0 radical (unpaired) electrons. The molecule has 0 bridgehead atoms. The molecule has 5 nitrogen and oxygen atoms in total. The van der Waals surface area contributed by atoms with Crippen LogP contribution >= 0.6 is 0 Å². The number of ether oxygens (including phenoxy) is 1. The van der Waals surface area contributed by atoms with Gasteiger partial charge in [-0.3, -0.25) is 0 Å². The maximum Gasteiger partial charge on any atom is 0.257 e. The van der Waals surface area contributed by atoms with Gasteiger partial charge in [0.25, 0.3) is 5.88 Å². The van der Waals surface area contributed by atoms with Gasteiger partial charge in [0.05, 0.1) is 7.11 Å². The molecule has 1 aromatic heterocycles. The zero-order chi connectivity index (χ0) is 14.0. The molecule has 0 saturated carbocycles. The molecule has 0 aromatic carbocycles. The molecule has 0 atom stereocenters. The standard InChI is InChI=1S/C15H26N4O/c1-20-15-14(17-9-10-18-15)16-8-4-7-13-19-11-5-2-3-6-12-19/h9-10H,2-8,11-13H2,1H3,(H,16,17). The Morgan fingerprint density at radius 2 is 1.85 bits per heavy atom. The lowest BCUT2D eigenvalue weighted by molar-refractivity contribution is 0.280. The fourth-order valence-electron chi connectivity index (χ4n) is 2.62. The fourth-order valence-corrected chi connectivity index (χ4v) is 2.62. The molecular formula is C15H26N4O. The minimum Gasteiger partial charge on any atom is -0.478 e. The van der Waals surface area contributed by atoms with E-state index in [0.29, 0.717) is 5.88 Å². The molecule has 0 spiro atoms. The predicted molar refractivity (Wildman–Crippen MR) is 81.2 cm³/mol. The van der Waals surface area contributed by atoms with E-state index in [9.17, 15) is 0 Å². The first-order chi connectivity index (χ1) is 9.90. The Bertz CT molecular complexity index is 378. The number of unbranched alkanes of at least 4 members (excludes halogenated alkanes) is 1. The molecule has 112 valence electrons. The lowest BCUT2D eigenvalue weighted by Crippen LogP contribution is -2.26. The van der Waals surface area contributed by atoms with Crippen LogP contribution in [-0.2, 0) is 0 Å². The van der Waals surface area contributed by atoms with Gasteiger partial charge in [0.1, 0.15) is 0 Å². The molecule has 5 heteroatoms. The van der Waals surface area contributed by atoms with Crippen molar-refractivity contribution in [3.8, 4) is 5.88 Å². The van der Waals surface area contributed by atoms with Crippen LogP contribution in [0.4, 0.5) is 5.82 Å². The van der Waals surface area contributed by atoms with Crippen molar-refractivity contribution in [2.75, 3.05) is 38.6 Å². The first-order valence-electron chi connectivity index (χ1n) is 7.71. The average molecular weight is 278 g/mol. The van der Waals surface area contributed by atoms with Crippen LogP contribution in [0.15, 0.2) is 12.4 Å². The Labute approximate surface area is 121 Å². The largest absolute Gasteiger partial charge is 0.478 e. The lowest BCUT2D eigenvalue weighted by atomic mass is 10.2. The first kappa shape index (κ1) is 15.0. The minimum absolute atomic E-state index is 0.569. The van der Waals surface area contributed by atoms with Crippen LogP contribution in [0.25, 0.3) is 0 Å². The highest BCUT2D eigenvalue weighted by atomic mass is 16.5. The van der Waals surface area contributed by atoms with E-state index in [2.05, 4.69) is 20.2 Å². The molecule has 20 heavy (non-hydrogen) atoms. The van der Waals surface area contributed by atoms with Gasteiger partial charge in [-0.15, -0.1) is 0 Å². The molecule has 1 fully saturated rings. The van der Waals surface area contributed by atoms with Gasteiger partial charge in [-0.2, -0.15) is 0 Å². The number of aromatic nitrogens is 2. The van der Waals surface area contributed by atoms with Gasteiger partial charge in [-0.05, 0) is 45.3 Å². The molecular weight excluding hydrogens is 252 g/mol. The Morgan fingerprint density at radius 3 is 2.60 bits per heavy atom. The van der Waals surface area contributed by atoms with Gasteiger partial charge in [0.2, 0.25) is 0 Å². The van der Waals surface area contributed by atoms with Gasteiger partial charge < -0.3 is 15.0 Å². The summed E-state index contributed by atoms with van der Waals surface area (Å²) in [5.74, 6) is 1.31. The van der Waals surface area contributed by atoms with Crippen molar-refractivity contribution < 1.29 is 4.74 Å². The van der Waals surface area contributed by atoms with Crippen LogP contribution < -0.4 is 10.1 Å². The SMILES string of the molecule is COc1nccnc1NCCCCN1CCCCCC1. The van der Waals surface area contributed by atoms with Crippen LogP contribution in [0, 0.1) is 0 Å². The quantitative estimate of drug-likeness (QED) is 0.777. The third-order valence-electron chi connectivity index (χ3n) is 3.75. The Morgan fingerprint density at radius 1 is 1.10 bits per heavy atom. The Balaban J connectivity index is 1.61. The normalized spacial score (nSPS) is 16.6. The van der Waals surface area contributed by atoms with E-state index in [1.54, 1.807) is 19.5 Å². The van der Waals surface area contributed by atoms with Crippen LogP contribution in [0.5, 0.6) is 5.88 Å². The second-order valence-corrected chi connectivity index (χ2v) is 5.30. The van der Waals surface area contributed by atoms with Crippen molar-refractivity contribution in [2.24, 2.45) is 0 Å². The van der Waals surface area contributed by atoms with E-state index in [0.717, 1.165) is 18.8 Å². The van der Waals surface area contributed by atoms with Gasteiger partial charge in [0, 0.05) is 18.9 Å². The van der Waals surface area contributed by atoms with E-state index in [4.69, 9.17) is 4.74 Å². The second kappa shape index (κ2) is 8.74. The molecule has 2 heterocycles. The summed E-state index contributed by atoms with van der Waals surface area (Å²) in [7, 11) is 1.62. The van der Waals surface area contributed by atoms with Crippen molar-refractivity contribution in [1.82, 2.24) is 14.9 Å². The number of anilines is 1. The number of rotatable bonds is 7. The van der Waals surface area contributed by atoms with E-state index in [1.807, 2.05) is 0 Å². The number of likely N-dealkylation sites (tertiary alicyclic amines) is 1. The van der Waals surface area contributed by atoms with Crippen molar-refractivity contribution >= 4 is 5.82 Å². The predicted octanol–water partition coefficient (Wildman–Crippen LogP) is 2.55. The highest BCUT2D eigenvalue weighted by Gasteiger charge is 2.08. The van der Waals surface area contributed by atoms with Gasteiger partial charge in [0.15, 0.2) is 5.82 Å². The molecule has 1 saturated heterocycles. The summed E-state index contributed by atoms with van der Waals surface area (Å²) in [6.45, 7) is 4.71. The smallest absolute Gasteiger partial charge is 0.257 e. The highest BCUT2D eigenvalue weighted by molar-refractivity contribution is 5.44. The van der Waals surface area contributed by atoms with Crippen LogP contribution in [0.2, 0.25) is 0 Å². The average Bonchev–Trinajstić information content (AvgIpc) is 2.76. The highest BCUT2D eigenvalue weighted by Crippen LogP contribution is 2.16. The summed E-state index contributed by atoms with van der Waals surface area (Å²) in [4.78, 5) is 11.0. The molecule has 1 aliphatic heterocycles. The van der Waals surface area contributed by atoms with Gasteiger partial charge >= 0.3 is 0 Å². The van der Waals surface area contributed by atoms with Crippen molar-refractivity contribution in [3.63, 3.8) is 0 Å². The zero-order valence-corrected chi connectivity index (χ0v) is 12.5. The molecule has 0 amide bonds. The number of nitrogens with zero attached hydrogens (tertiary/aromatic N) is 3. The molecule has 1 aliphatic rings. The third kappa shape index (κ3) is 4.96. The molecule has 1 N–H and O–H groups in total. The number of hydrogen-bond acceptors (Lipinski definition) is 5. The summed E-state index contributed by atoms with van der Waals surface area (Å²) in [6, 6.07) is 0. The maximum atomic E-state index is 5.17. The Hall–Kier alpha value is -1.36. The lowest BCUT2D eigenvalue weighted by Gasteiger charge is -2.19. The Kier molecular flexibility index (Phi) is 6.57. The van der Waals surface area contributed by atoms with Crippen LogP contribution in [0.1, 0.15) is 38.5 Å².